The number of hydrogen-bond acceptors (Lipinski definition) is 3. The molecule has 1 aromatic heterocycles. The molecule has 0 radical (unpaired) electrons. The van der Waals surface area contributed by atoms with Crippen molar-refractivity contribution < 1.29 is 14.3 Å². The molecule has 1 aliphatic carbocycles. The molecule has 0 spiro atoms. The highest BCUT2D eigenvalue weighted by atomic mass is 16.5. The van der Waals surface area contributed by atoms with Gasteiger partial charge in [0.05, 0.1) is 18.3 Å². The molecule has 0 N–H and O–H groups in total. The Hall–Kier alpha value is -3.34. The third-order valence-electron chi connectivity index (χ3n) is 7.46. The zero-order chi connectivity index (χ0) is 25.3. The van der Waals surface area contributed by atoms with Gasteiger partial charge in [-0.05, 0) is 108 Å². The van der Waals surface area contributed by atoms with E-state index in [9.17, 15) is 9.59 Å². The van der Waals surface area contributed by atoms with Crippen LogP contribution in [0.3, 0.4) is 0 Å². The Morgan fingerprint density at radius 1 is 1.06 bits per heavy atom. The van der Waals surface area contributed by atoms with E-state index < -0.39 is 5.97 Å². The van der Waals surface area contributed by atoms with E-state index >= 15 is 0 Å². The SMILES string of the molecule is COC(=O)C1=C(C)N(CCC2=CCCCC2)C(=O)C1=Cc1cc(C)n(-c2ccc(C)c(C)c2)c1C. The lowest BCUT2D eigenvalue weighted by atomic mass is 9.97. The fourth-order valence-electron chi connectivity index (χ4n) is 5.24. The molecule has 4 rings (SSSR count). The fraction of sp³-hybridized carbons (Fsp3) is 0.400. The minimum atomic E-state index is -0.468. The molecule has 2 heterocycles. The molecular formula is C30H36N2O3. The molecule has 0 saturated carbocycles. The van der Waals surface area contributed by atoms with Crippen molar-refractivity contribution in [3.63, 3.8) is 0 Å². The molecule has 2 aromatic rings. The molecule has 1 amide bonds. The van der Waals surface area contributed by atoms with Crippen molar-refractivity contribution in [3.8, 4) is 5.69 Å². The number of aryl methyl sites for hydroxylation is 3. The number of carbonyl (C=O) groups excluding carboxylic acids is 2. The third kappa shape index (κ3) is 4.77. The Balaban J connectivity index is 1.71. The topological polar surface area (TPSA) is 51.5 Å². The van der Waals surface area contributed by atoms with Gasteiger partial charge in [-0.15, -0.1) is 0 Å². The number of amides is 1. The molecule has 0 fully saturated rings. The van der Waals surface area contributed by atoms with Crippen LogP contribution in [0.2, 0.25) is 0 Å². The Bertz CT molecular complexity index is 1270. The number of methoxy groups -OCH3 is 1. The maximum Gasteiger partial charge on any atom is 0.340 e. The van der Waals surface area contributed by atoms with Crippen LogP contribution in [-0.4, -0.2) is 35.0 Å². The summed E-state index contributed by atoms with van der Waals surface area (Å²) in [6.07, 6.45) is 9.68. The normalized spacial score (nSPS) is 17.4. The zero-order valence-corrected chi connectivity index (χ0v) is 21.8. The second kappa shape index (κ2) is 10.1. The fourth-order valence-corrected chi connectivity index (χ4v) is 5.24. The molecule has 184 valence electrons. The van der Waals surface area contributed by atoms with Crippen molar-refractivity contribution in [1.29, 1.82) is 0 Å². The van der Waals surface area contributed by atoms with E-state index in [-0.39, 0.29) is 5.91 Å². The summed E-state index contributed by atoms with van der Waals surface area (Å²) in [6.45, 7) is 10.8. The Kier molecular flexibility index (Phi) is 7.15. The lowest BCUT2D eigenvalue weighted by Gasteiger charge is -2.20. The Labute approximate surface area is 208 Å². The minimum Gasteiger partial charge on any atom is -0.465 e. The van der Waals surface area contributed by atoms with E-state index in [0.717, 1.165) is 41.9 Å². The molecule has 2 aliphatic rings. The van der Waals surface area contributed by atoms with Gasteiger partial charge in [-0.2, -0.15) is 0 Å². The summed E-state index contributed by atoms with van der Waals surface area (Å²) in [5.74, 6) is -0.597. The number of aromatic nitrogens is 1. The van der Waals surface area contributed by atoms with Crippen LogP contribution in [0.4, 0.5) is 0 Å². The van der Waals surface area contributed by atoms with Crippen molar-refractivity contribution in [2.75, 3.05) is 13.7 Å². The molecule has 5 heteroatoms. The molecule has 35 heavy (non-hydrogen) atoms. The van der Waals surface area contributed by atoms with Crippen LogP contribution in [0.25, 0.3) is 11.8 Å². The van der Waals surface area contributed by atoms with Gasteiger partial charge in [0, 0.05) is 29.3 Å². The van der Waals surface area contributed by atoms with Gasteiger partial charge >= 0.3 is 5.97 Å². The second-order valence-corrected chi connectivity index (χ2v) is 9.76. The van der Waals surface area contributed by atoms with Gasteiger partial charge in [0.1, 0.15) is 0 Å². The molecule has 5 nitrogen and oxygen atoms in total. The summed E-state index contributed by atoms with van der Waals surface area (Å²) < 4.78 is 7.28. The second-order valence-electron chi connectivity index (χ2n) is 9.76. The summed E-state index contributed by atoms with van der Waals surface area (Å²) in [7, 11) is 1.37. The van der Waals surface area contributed by atoms with Crippen molar-refractivity contribution in [3.05, 3.63) is 80.8 Å². The molecule has 1 aromatic carbocycles. The van der Waals surface area contributed by atoms with Gasteiger partial charge < -0.3 is 14.2 Å². The van der Waals surface area contributed by atoms with Crippen LogP contribution >= 0.6 is 0 Å². The van der Waals surface area contributed by atoms with E-state index in [4.69, 9.17) is 4.74 Å². The first-order valence-corrected chi connectivity index (χ1v) is 12.5. The molecule has 0 unspecified atom stereocenters. The molecular weight excluding hydrogens is 436 g/mol. The number of esters is 1. The quantitative estimate of drug-likeness (QED) is 0.283. The van der Waals surface area contributed by atoms with Gasteiger partial charge in [0.15, 0.2) is 0 Å². The summed E-state index contributed by atoms with van der Waals surface area (Å²) in [5, 5.41) is 0. The van der Waals surface area contributed by atoms with Crippen LogP contribution in [0, 0.1) is 27.7 Å². The molecule has 1 aliphatic heterocycles. The van der Waals surface area contributed by atoms with Crippen molar-refractivity contribution in [1.82, 2.24) is 9.47 Å². The predicted molar refractivity (Wildman–Crippen MR) is 140 cm³/mol. The lowest BCUT2D eigenvalue weighted by molar-refractivity contribution is -0.136. The zero-order valence-electron chi connectivity index (χ0n) is 21.8. The first-order chi connectivity index (χ1) is 16.7. The van der Waals surface area contributed by atoms with Gasteiger partial charge in [0.25, 0.3) is 5.91 Å². The number of nitrogens with zero attached hydrogens (tertiary/aromatic N) is 2. The number of benzene rings is 1. The summed E-state index contributed by atoms with van der Waals surface area (Å²) in [6, 6.07) is 8.50. The van der Waals surface area contributed by atoms with E-state index in [2.05, 4.69) is 62.6 Å². The van der Waals surface area contributed by atoms with Crippen molar-refractivity contribution in [2.24, 2.45) is 0 Å². The first-order valence-electron chi connectivity index (χ1n) is 12.5. The average Bonchev–Trinajstić information content (AvgIpc) is 3.25. The average molecular weight is 473 g/mol. The number of carbonyl (C=O) groups is 2. The molecule has 0 bridgehead atoms. The van der Waals surface area contributed by atoms with Crippen LogP contribution in [0.5, 0.6) is 0 Å². The minimum absolute atomic E-state index is 0.129. The molecule has 0 atom stereocenters. The molecule has 0 saturated heterocycles. The Morgan fingerprint density at radius 2 is 1.83 bits per heavy atom. The maximum absolute atomic E-state index is 13.6. The monoisotopic (exact) mass is 472 g/mol. The lowest BCUT2D eigenvalue weighted by Crippen LogP contribution is -2.26. The van der Waals surface area contributed by atoms with E-state index in [1.54, 1.807) is 4.90 Å². The van der Waals surface area contributed by atoms with E-state index in [1.807, 2.05) is 13.0 Å². The van der Waals surface area contributed by atoms with Crippen molar-refractivity contribution in [2.45, 2.75) is 66.7 Å². The highest BCUT2D eigenvalue weighted by Crippen LogP contribution is 2.34. The van der Waals surface area contributed by atoms with Crippen LogP contribution in [0.1, 0.15) is 67.1 Å². The predicted octanol–water partition coefficient (Wildman–Crippen LogP) is 6.27. The highest BCUT2D eigenvalue weighted by molar-refractivity contribution is 6.16. The maximum atomic E-state index is 13.6. The van der Waals surface area contributed by atoms with E-state index in [1.165, 1.54) is 36.7 Å². The van der Waals surface area contributed by atoms with E-state index in [0.29, 0.717) is 23.4 Å². The smallest absolute Gasteiger partial charge is 0.340 e. The number of hydrogen-bond donors (Lipinski definition) is 0. The van der Waals surface area contributed by atoms with Crippen LogP contribution in [0.15, 0.2) is 52.8 Å². The van der Waals surface area contributed by atoms with Crippen molar-refractivity contribution >= 4 is 18.0 Å². The van der Waals surface area contributed by atoms with Gasteiger partial charge in [0.2, 0.25) is 0 Å². The first kappa shape index (κ1) is 24.8. The summed E-state index contributed by atoms with van der Waals surface area (Å²) in [4.78, 5) is 28.1. The summed E-state index contributed by atoms with van der Waals surface area (Å²) >= 11 is 0. The largest absolute Gasteiger partial charge is 0.465 e. The number of allylic oxidation sites excluding steroid dienone is 2. The van der Waals surface area contributed by atoms with Crippen LogP contribution < -0.4 is 0 Å². The van der Waals surface area contributed by atoms with Crippen LogP contribution in [-0.2, 0) is 14.3 Å². The Morgan fingerprint density at radius 3 is 2.49 bits per heavy atom. The number of rotatable bonds is 6. The van der Waals surface area contributed by atoms with Gasteiger partial charge in [-0.25, -0.2) is 4.79 Å². The van der Waals surface area contributed by atoms with Gasteiger partial charge in [-0.3, -0.25) is 4.79 Å². The number of ether oxygens (including phenoxy) is 1. The highest BCUT2D eigenvalue weighted by Gasteiger charge is 2.37. The standard InChI is InChI=1S/C30H36N2O3/c1-19-12-13-26(16-20(19)2)32-21(3)17-25(22(32)4)18-27-28(30(34)35-6)23(5)31(29(27)33)15-14-24-10-8-7-9-11-24/h10,12-13,16-18H,7-9,11,14-15H2,1-6H3. The third-order valence-corrected chi connectivity index (χ3v) is 7.46. The summed E-state index contributed by atoms with van der Waals surface area (Å²) in [5.41, 5.74) is 9.46. The van der Waals surface area contributed by atoms with Gasteiger partial charge in [-0.1, -0.05) is 17.7 Å².